The summed E-state index contributed by atoms with van der Waals surface area (Å²) in [5.41, 5.74) is 8.80. The van der Waals surface area contributed by atoms with Gasteiger partial charge in [0.15, 0.2) is 5.69 Å². The number of nitrogen functional groups attached to an aromatic ring is 1. The molecule has 0 saturated carbocycles. The number of phenolic OH excluding ortho intramolecular Hbond substituents is 1. The standard InChI is InChI=1S/C15H16ClN9O3/c1-24(2)7-10-12(19-23-25(10)14-13(17)21-28-22-14)15(27)20-18-6-8-5-9(16)3-4-11(8)26/h3-6,26H,7H2,1-2H3,(H2,17,21)(H,20,27)/b18-6-. The highest BCUT2D eigenvalue weighted by atomic mass is 35.5. The van der Waals surface area contributed by atoms with Crippen LogP contribution in [0.25, 0.3) is 5.82 Å². The maximum atomic E-state index is 12.5. The molecule has 2 aromatic heterocycles. The van der Waals surface area contributed by atoms with E-state index < -0.39 is 5.91 Å². The van der Waals surface area contributed by atoms with E-state index in [2.05, 4.69) is 35.8 Å². The number of carbonyl (C=O) groups excluding carboxylic acids is 1. The van der Waals surface area contributed by atoms with Gasteiger partial charge in [-0.05, 0) is 42.6 Å². The van der Waals surface area contributed by atoms with E-state index in [0.29, 0.717) is 22.8 Å². The van der Waals surface area contributed by atoms with Crippen LogP contribution in [0.1, 0.15) is 21.7 Å². The summed E-state index contributed by atoms with van der Waals surface area (Å²) in [6, 6.07) is 4.45. The van der Waals surface area contributed by atoms with Gasteiger partial charge >= 0.3 is 0 Å². The molecule has 28 heavy (non-hydrogen) atoms. The summed E-state index contributed by atoms with van der Waals surface area (Å²) in [6.45, 7) is 0.306. The number of halogens is 1. The molecule has 0 aliphatic rings. The molecule has 0 aliphatic carbocycles. The molecule has 0 atom stereocenters. The van der Waals surface area contributed by atoms with E-state index in [0.717, 1.165) is 0 Å². The predicted molar refractivity (Wildman–Crippen MR) is 99.2 cm³/mol. The number of hydrogen-bond acceptors (Lipinski definition) is 10. The molecule has 0 unspecified atom stereocenters. The van der Waals surface area contributed by atoms with Crippen LogP contribution >= 0.6 is 11.6 Å². The van der Waals surface area contributed by atoms with E-state index in [1.54, 1.807) is 0 Å². The number of phenols is 1. The lowest BCUT2D eigenvalue weighted by Gasteiger charge is -2.11. The lowest BCUT2D eigenvalue weighted by molar-refractivity contribution is 0.0948. The van der Waals surface area contributed by atoms with E-state index in [1.165, 1.54) is 29.1 Å². The monoisotopic (exact) mass is 405 g/mol. The van der Waals surface area contributed by atoms with Crippen LogP contribution in [-0.4, -0.2) is 61.5 Å². The number of aromatic nitrogens is 5. The van der Waals surface area contributed by atoms with Crippen molar-refractivity contribution >= 4 is 29.5 Å². The van der Waals surface area contributed by atoms with Crippen LogP contribution in [0.4, 0.5) is 5.82 Å². The van der Waals surface area contributed by atoms with Gasteiger partial charge < -0.3 is 15.7 Å². The summed E-state index contributed by atoms with van der Waals surface area (Å²) in [4.78, 5) is 14.3. The maximum Gasteiger partial charge on any atom is 0.293 e. The Labute approximate surface area is 163 Å². The summed E-state index contributed by atoms with van der Waals surface area (Å²) in [5.74, 6) is -0.520. The molecule has 2 heterocycles. The van der Waals surface area contributed by atoms with E-state index in [4.69, 9.17) is 17.3 Å². The molecule has 0 spiro atoms. The van der Waals surface area contributed by atoms with Gasteiger partial charge in [-0.15, -0.1) is 5.10 Å². The van der Waals surface area contributed by atoms with Crippen molar-refractivity contribution in [2.24, 2.45) is 5.10 Å². The average Bonchev–Trinajstić information content (AvgIpc) is 3.23. The van der Waals surface area contributed by atoms with Crippen LogP contribution in [0, 0.1) is 0 Å². The quantitative estimate of drug-likeness (QED) is 0.389. The van der Waals surface area contributed by atoms with Crippen LogP contribution in [0.3, 0.4) is 0 Å². The lowest BCUT2D eigenvalue weighted by Crippen LogP contribution is -2.23. The largest absolute Gasteiger partial charge is 0.507 e. The highest BCUT2D eigenvalue weighted by Gasteiger charge is 2.24. The van der Waals surface area contributed by atoms with Crippen molar-refractivity contribution in [1.29, 1.82) is 0 Å². The molecule has 4 N–H and O–H groups in total. The number of amides is 1. The van der Waals surface area contributed by atoms with E-state index in [9.17, 15) is 9.90 Å². The minimum absolute atomic E-state index is 0.00585. The van der Waals surface area contributed by atoms with Crippen molar-refractivity contribution in [1.82, 2.24) is 35.6 Å². The molecule has 0 radical (unpaired) electrons. The smallest absolute Gasteiger partial charge is 0.293 e. The number of carbonyl (C=O) groups is 1. The van der Waals surface area contributed by atoms with Crippen molar-refractivity contribution in [2.75, 3.05) is 19.8 Å². The van der Waals surface area contributed by atoms with Crippen molar-refractivity contribution in [3.63, 3.8) is 0 Å². The van der Waals surface area contributed by atoms with Gasteiger partial charge in [-0.25, -0.2) is 10.1 Å². The van der Waals surface area contributed by atoms with E-state index >= 15 is 0 Å². The minimum atomic E-state index is -0.615. The topological polar surface area (TPSA) is 161 Å². The molecular weight excluding hydrogens is 390 g/mol. The Morgan fingerprint density at radius 1 is 1.46 bits per heavy atom. The summed E-state index contributed by atoms with van der Waals surface area (Å²) in [5, 5.41) is 29.0. The Bertz CT molecular complexity index is 1030. The molecule has 3 rings (SSSR count). The minimum Gasteiger partial charge on any atom is -0.507 e. The van der Waals surface area contributed by atoms with Crippen molar-refractivity contribution in [3.8, 4) is 11.6 Å². The lowest BCUT2D eigenvalue weighted by atomic mass is 10.2. The summed E-state index contributed by atoms with van der Waals surface area (Å²) >= 11 is 5.87. The number of nitrogens with zero attached hydrogens (tertiary/aromatic N) is 7. The number of rotatable bonds is 6. The number of hydrogen-bond donors (Lipinski definition) is 3. The molecule has 0 bridgehead atoms. The number of aromatic hydroxyl groups is 1. The molecule has 13 heteroatoms. The second-order valence-corrected chi connectivity index (χ2v) is 6.35. The average molecular weight is 406 g/mol. The van der Waals surface area contributed by atoms with Crippen LogP contribution in [0.5, 0.6) is 5.75 Å². The molecule has 0 aliphatic heterocycles. The number of benzene rings is 1. The van der Waals surface area contributed by atoms with Gasteiger partial charge in [0.2, 0.25) is 11.6 Å². The number of nitrogens with one attached hydrogen (secondary N) is 1. The third-order valence-corrected chi connectivity index (χ3v) is 3.73. The SMILES string of the molecule is CN(C)Cc1c(C(=O)N/N=C\c2cc(Cl)ccc2O)nnn1-c1nonc1N. The van der Waals surface area contributed by atoms with Gasteiger partial charge in [-0.3, -0.25) is 4.79 Å². The predicted octanol–water partition coefficient (Wildman–Crippen LogP) is 0.417. The molecule has 12 nitrogen and oxygen atoms in total. The molecule has 3 aromatic rings. The zero-order chi connectivity index (χ0) is 20.3. The zero-order valence-electron chi connectivity index (χ0n) is 14.9. The van der Waals surface area contributed by atoms with E-state index in [-0.39, 0.29) is 23.1 Å². The Morgan fingerprint density at radius 2 is 2.25 bits per heavy atom. The molecular formula is C15H16ClN9O3. The van der Waals surface area contributed by atoms with Gasteiger partial charge in [-0.2, -0.15) is 9.78 Å². The number of nitrogens with two attached hydrogens (primary N) is 1. The first kappa shape index (κ1) is 19.3. The summed E-state index contributed by atoms with van der Waals surface area (Å²) in [7, 11) is 3.62. The Kier molecular flexibility index (Phi) is 5.52. The number of anilines is 1. The van der Waals surface area contributed by atoms with Crippen LogP contribution < -0.4 is 11.2 Å². The maximum absolute atomic E-state index is 12.5. The normalized spacial score (nSPS) is 11.4. The number of hydrazone groups is 1. The van der Waals surface area contributed by atoms with Gasteiger partial charge in [0.25, 0.3) is 5.91 Å². The third-order valence-electron chi connectivity index (χ3n) is 3.50. The second kappa shape index (κ2) is 8.02. The first-order valence-corrected chi connectivity index (χ1v) is 8.24. The fourth-order valence-corrected chi connectivity index (χ4v) is 2.45. The Balaban J connectivity index is 1.85. The summed E-state index contributed by atoms with van der Waals surface area (Å²) < 4.78 is 5.85. The van der Waals surface area contributed by atoms with Crippen molar-refractivity contribution in [3.05, 3.63) is 40.2 Å². The zero-order valence-corrected chi connectivity index (χ0v) is 15.6. The van der Waals surface area contributed by atoms with Gasteiger partial charge in [0, 0.05) is 17.1 Å². The van der Waals surface area contributed by atoms with Crippen LogP contribution in [0.2, 0.25) is 5.02 Å². The van der Waals surface area contributed by atoms with Crippen molar-refractivity contribution < 1.29 is 14.5 Å². The van der Waals surface area contributed by atoms with Gasteiger partial charge in [0.05, 0.1) is 11.9 Å². The second-order valence-electron chi connectivity index (χ2n) is 5.91. The van der Waals surface area contributed by atoms with Crippen molar-refractivity contribution in [2.45, 2.75) is 6.54 Å². The molecule has 0 fully saturated rings. The van der Waals surface area contributed by atoms with Gasteiger partial charge in [-0.1, -0.05) is 16.8 Å². The first-order valence-electron chi connectivity index (χ1n) is 7.86. The van der Waals surface area contributed by atoms with Crippen LogP contribution in [-0.2, 0) is 6.54 Å². The summed E-state index contributed by atoms with van der Waals surface area (Å²) in [6.07, 6.45) is 1.26. The molecule has 0 saturated heterocycles. The molecule has 1 aromatic carbocycles. The van der Waals surface area contributed by atoms with Crippen LogP contribution in [0.15, 0.2) is 27.9 Å². The van der Waals surface area contributed by atoms with E-state index in [1.807, 2.05) is 19.0 Å². The highest BCUT2D eigenvalue weighted by Crippen LogP contribution is 2.20. The Morgan fingerprint density at radius 3 is 2.93 bits per heavy atom. The van der Waals surface area contributed by atoms with Gasteiger partial charge in [0.1, 0.15) is 5.75 Å². The Hall–Kier alpha value is -3.51. The first-order chi connectivity index (χ1) is 13.4. The molecule has 146 valence electrons. The third kappa shape index (κ3) is 4.07. The fraction of sp³-hybridized carbons (Fsp3) is 0.200. The molecule has 1 amide bonds. The highest BCUT2D eigenvalue weighted by molar-refractivity contribution is 6.30. The fourth-order valence-electron chi connectivity index (χ4n) is 2.27.